The Labute approximate surface area is 135 Å². The Morgan fingerprint density at radius 1 is 1.17 bits per heavy atom. The van der Waals surface area contributed by atoms with Gasteiger partial charge in [0.2, 0.25) is 0 Å². The smallest absolute Gasteiger partial charge is 0.265 e. The van der Waals surface area contributed by atoms with Gasteiger partial charge in [0.05, 0.1) is 19.3 Å². The lowest BCUT2D eigenvalue weighted by Crippen LogP contribution is -2.44. The highest BCUT2D eigenvalue weighted by Crippen LogP contribution is 2.33. The van der Waals surface area contributed by atoms with Crippen LogP contribution in [0.15, 0.2) is 48.5 Å². The maximum absolute atomic E-state index is 12.5. The fourth-order valence-corrected chi connectivity index (χ4v) is 2.52. The second-order valence-corrected chi connectivity index (χ2v) is 5.36. The molecule has 120 valence electrons. The van der Waals surface area contributed by atoms with Crippen molar-refractivity contribution in [2.75, 3.05) is 25.2 Å². The normalized spacial score (nSPS) is 16.3. The quantitative estimate of drug-likeness (QED) is 0.871. The van der Waals surface area contributed by atoms with Crippen molar-refractivity contribution < 1.29 is 19.0 Å². The first-order valence-electron chi connectivity index (χ1n) is 7.50. The molecule has 1 aliphatic heterocycles. The van der Waals surface area contributed by atoms with E-state index in [0.29, 0.717) is 12.3 Å². The minimum absolute atomic E-state index is 0.0205. The fraction of sp³-hybridized carbons (Fsp3) is 0.278. The zero-order valence-electron chi connectivity index (χ0n) is 13.2. The monoisotopic (exact) mass is 313 g/mol. The summed E-state index contributed by atoms with van der Waals surface area (Å²) in [5, 5.41) is 0. The van der Waals surface area contributed by atoms with Gasteiger partial charge in [-0.2, -0.15) is 0 Å². The highest BCUT2D eigenvalue weighted by Gasteiger charge is 2.27. The molecule has 1 atom stereocenters. The number of hydrogen-bond acceptors (Lipinski definition) is 4. The average Bonchev–Trinajstić information content (AvgIpc) is 2.59. The molecule has 2 aromatic rings. The van der Waals surface area contributed by atoms with E-state index >= 15 is 0 Å². The summed E-state index contributed by atoms with van der Waals surface area (Å²) in [5.74, 6) is 2.01. The van der Waals surface area contributed by atoms with Gasteiger partial charge in [-0.25, -0.2) is 0 Å². The lowest BCUT2D eigenvalue weighted by atomic mass is 10.2. The Morgan fingerprint density at radius 2 is 1.87 bits per heavy atom. The predicted octanol–water partition coefficient (Wildman–Crippen LogP) is 2.89. The van der Waals surface area contributed by atoms with Crippen molar-refractivity contribution in [3.05, 3.63) is 48.5 Å². The number of hydrogen-bond donors (Lipinski definition) is 0. The summed E-state index contributed by atoms with van der Waals surface area (Å²) in [6.45, 7) is 2.44. The van der Waals surface area contributed by atoms with Crippen molar-refractivity contribution in [1.82, 2.24) is 0 Å². The summed E-state index contributed by atoms with van der Waals surface area (Å²) in [6, 6.07) is 14.7. The van der Waals surface area contributed by atoms with Crippen molar-refractivity contribution in [1.29, 1.82) is 0 Å². The number of amides is 1. The summed E-state index contributed by atoms with van der Waals surface area (Å²) in [5.41, 5.74) is 0.786. The molecule has 3 rings (SSSR count). The summed E-state index contributed by atoms with van der Waals surface area (Å²) in [4.78, 5) is 14.2. The third-order valence-corrected chi connectivity index (χ3v) is 3.65. The number of fused-ring (bicyclic) bond motifs is 1. The number of para-hydroxylation sites is 2. The van der Waals surface area contributed by atoms with Gasteiger partial charge in [-0.3, -0.25) is 4.79 Å². The second kappa shape index (κ2) is 6.60. The van der Waals surface area contributed by atoms with Crippen molar-refractivity contribution in [2.24, 2.45) is 0 Å². The van der Waals surface area contributed by atoms with Crippen LogP contribution in [0.25, 0.3) is 0 Å². The first-order chi connectivity index (χ1) is 11.2. The average molecular weight is 313 g/mol. The topological polar surface area (TPSA) is 48.0 Å². The van der Waals surface area contributed by atoms with Crippen molar-refractivity contribution in [2.45, 2.75) is 13.0 Å². The molecular formula is C18H19NO4. The number of anilines is 1. The molecule has 0 bridgehead atoms. The third-order valence-electron chi connectivity index (χ3n) is 3.65. The number of benzene rings is 2. The molecule has 0 saturated carbocycles. The van der Waals surface area contributed by atoms with E-state index in [9.17, 15) is 4.79 Å². The molecule has 0 fully saturated rings. The SMILES string of the molecule is COc1ccc(OCC(=O)N2C[C@@H](C)Oc3ccccc32)cc1. The standard InChI is InChI=1S/C18H19NO4/c1-13-11-19(16-5-3-4-6-17(16)23-13)18(20)12-22-15-9-7-14(21-2)8-10-15/h3-10,13H,11-12H2,1-2H3/t13-/m1/s1. The van der Waals surface area contributed by atoms with Gasteiger partial charge in [0.25, 0.3) is 5.91 Å². The molecule has 0 aromatic heterocycles. The number of ether oxygens (including phenoxy) is 3. The van der Waals surface area contributed by atoms with Crippen LogP contribution in [0.4, 0.5) is 5.69 Å². The second-order valence-electron chi connectivity index (χ2n) is 5.36. The minimum atomic E-state index is -0.0941. The van der Waals surface area contributed by atoms with Gasteiger partial charge in [0, 0.05) is 0 Å². The van der Waals surface area contributed by atoms with Crippen LogP contribution in [-0.2, 0) is 4.79 Å². The van der Waals surface area contributed by atoms with Crippen LogP contribution in [0, 0.1) is 0 Å². The Morgan fingerprint density at radius 3 is 2.61 bits per heavy atom. The van der Waals surface area contributed by atoms with Gasteiger partial charge < -0.3 is 19.1 Å². The molecule has 5 heteroatoms. The summed E-state index contributed by atoms with van der Waals surface area (Å²) < 4.78 is 16.4. The van der Waals surface area contributed by atoms with Crippen molar-refractivity contribution >= 4 is 11.6 Å². The van der Waals surface area contributed by atoms with E-state index in [-0.39, 0.29) is 18.6 Å². The van der Waals surface area contributed by atoms with Crippen LogP contribution in [0.2, 0.25) is 0 Å². The number of methoxy groups -OCH3 is 1. The maximum Gasteiger partial charge on any atom is 0.265 e. The number of carbonyl (C=O) groups is 1. The van der Waals surface area contributed by atoms with E-state index < -0.39 is 0 Å². The molecule has 0 unspecified atom stereocenters. The van der Waals surface area contributed by atoms with Gasteiger partial charge >= 0.3 is 0 Å². The van der Waals surface area contributed by atoms with Gasteiger partial charge in [-0.05, 0) is 43.3 Å². The molecular weight excluding hydrogens is 294 g/mol. The van der Waals surface area contributed by atoms with Gasteiger partial charge in [-0.1, -0.05) is 12.1 Å². The fourth-order valence-electron chi connectivity index (χ4n) is 2.52. The van der Waals surface area contributed by atoms with Crippen LogP contribution >= 0.6 is 0 Å². The molecule has 0 radical (unpaired) electrons. The molecule has 0 aliphatic carbocycles. The number of nitrogens with zero attached hydrogens (tertiary/aromatic N) is 1. The lowest BCUT2D eigenvalue weighted by molar-refractivity contribution is -0.121. The Balaban J connectivity index is 1.68. The van der Waals surface area contributed by atoms with E-state index in [1.807, 2.05) is 31.2 Å². The molecule has 5 nitrogen and oxygen atoms in total. The molecule has 23 heavy (non-hydrogen) atoms. The van der Waals surface area contributed by atoms with E-state index in [1.54, 1.807) is 36.3 Å². The van der Waals surface area contributed by atoms with Crippen LogP contribution in [0.1, 0.15) is 6.92 Å². The van der Waals surface area contributed by atoms with E-state index in [2.05, 4.69) is 0 Å². The van der Waals surface area contributed by atoms with Crippen molar-refractivity contribution in [3.8, 4) is 17.2 Å². The molecule has 2 aromatic carbocycles. The van der Waals surface area contributed by atoms with Gasteiger partial charge in [0.1, 0.15) is 23.4 Å². The largest absolute Gasteiger partial charge is 0.497 e. The van der Waals surface area contributed by atoms with E-state index in [1.165, 1.54) is 0 Å². The molecule has 1 heterocycles. The molecule has 1 amide bonds. The summed E-state index contributed by atoms with van der Waals surface area (Å²) in [7, 11) is 1.61. The molecule has 0 saturated heterocycles. The predicted molar refractivity (Wildman–Crippen MR) is 87.4 cm³/mol. The Hall–Kier alpha value is -2.69. The third kappa shape index (κ3) is 3.39. The van der Waals surface area contributed by atoms with Crippen LogP contribution in [0.3, 0.4) is 0 Å². The van der Waals surface area contributed by atoms with Gasteiger partial charge in [-0.15, -0.1) is 0 Å². The number of carbonyl (C=O) groups excluding carboxylic acids is 1. The van der Waals surface area contributed by atoms with Crippen LogP contribution in [0.5, 0.6) is 17.2 Å². The zero-order valence-corrected chi connectivity index (χ0v) is 13.2. The Kier molecular flexibility index (Phi) is 4.37. The first kappa shape index (κ1) is 15.2. The highest BCUT2D eigenvalue weighted by atomic mass is 16.5. The van der Waals surface area contributed by atoms with Gasteiger partial charge in [0.15, 0.2) is 6.61 Å². The van der Waals surface area contributed by atoms with Crippen molar-refractivity contribution in [3.63, 3.8) is 0 Å². The number of rotatable bonds is 4. The molecule has 0 N–H and O–H groups in total. The van der Waals surface area contributed by atoms with E-state index in [0.717, 1.165) is 17.2 Å². The summed E-state index contributed by atoms with van der Waals surface area (Å²) in [6.07, 6.45) is -0.0464. The minimum Gasteiger partial charge on any atom is -0.497 e. The zero-order chi connectivity index (χ0) is 16.2. The van der Waals surface area contributed by atoms with E-state index in [4.69, 9.17) is 14.2 Å². The maximum atomic E-state index is 12.5. The van der Waals surface area contributed by atoms with Crippen LogP contribution in [-0.4, -0.2) is 32.3 Å². The Bertz CT molecular complexity index is 684. The lowest BCUT2D eigenvalue weighted by Gasteiger charge is -2.33. The first-order valence-corrected chi connectivity index (χ1v) is 7.50. The molecule has 0 spiro atoms. The summed E-state index contributed by atoms with van der Waals surface area (Å²) >= 11 is 0. The van der Waals surface area contributed by atoms with Crippen LogP contribution < -0.4 is 19.1 Å². The highest BCUT2D eigenvalue weighted by molar-refractivity contribution is 5.96. The molecule has 1 aliphatic rings.